The highest BCUT2D eigenvalue weighted by Crippen LogP contribution is 2.42. The van der Waals surface area contributed by atoms with Crippen molar-refractivity contribution in [2.45, 2.75) is 44.1 Å². The summed E-state index contributed by atoms with van der Waals surface area (Å²) in [5.74, 6) is 0.709. The number of aromatic nitrogens is 2. The predicted molar refractivity (Wildman–Crippen MR) is 68.7 cm³/mol. The number of ether oxygens (including phenoxy) is 1. The molecule has 1 saturated heterocycles. The van der Waals surface area contributed by atoms with Gasteiger partial charge in [0, 0.05) is 26.1 Å². The molecule has 1 saturated carbocycles. The van der Waals surface area contributed by atoms with E-state index in [1.54, 1.807) is 11.3 Å². The molecule has 0 radical (unpaired) electrons. The van der Waals surface area contributed by atoms with Crippen LogP contribution in [0.2, 0.25) is 0 Å². The first kappa shape index (κ1) is 11.4. The Hall–Kier alpha value is -0.680. The molecule has 4 nitrogen and oxygen atoms in total. The van der Waals surface area contributed by atoms with Crippen molar-refractivity contribution in [2.24, 2.45) is 0 Å². The fourth-order valence-electron chi connectivity index (χ4n) is 2.21. The normalized spacial score (nSPS) is 24.9. The van der Waals surface area contributed by atoms with Crippen molar-refractivity contribution in [1.29, 1.82) is 0 Å². The van der Waals surface area contributed by atoms with Gasteiger partial charge in [0.25, 0.3) is 0 Å². The first-order chi connectivity index (χ1) is 8.33. The van der Waals surface area contributed by atoms with E-state index in [0.29, 0.717) is 12.0 Å². The molecule has 5 heteroatoms. The van der Waals surface area contributed by atoms with Gasteiger partial charge < -0.3 is 9.64 Å². The van der Waals surface area contributed by atoms with Crippen LogP contribution in [0.15, 0.2) is 0 Å². The van der Waals surface area contributed by atoms with E-state index in [2.05, 4.69) is 22.1 Å². The Labute approximate surface area is 106 Å². The van der Waals surface area contributed by atoms with E-state index in [1.807, 2.05) is 0 Å². The average Bonchev–Trinajstić information content (AvgIpc) is 3.08. The van der Waals surface area contributed by atoms with Crippen LogP contribution in [0.25, 0.3) is 0 Å². The Kier molecular flexibility index (Phi) is 3.29. The third-order valence-electron chi connectivity index (χ3n) is 3.43. The van der Waals surface area contributed by atoms with Gasteiger partial charge >= 0.3 is 0 Å². The first-order valence-electron chi connectivity index (χ1n) is 6.49. The maximum Gasteiger partial charge on any atom is 0.208 e. The predicted octanol–water partition coefficient (Wildman–Crippen LogP) is 2.42. The second-order valence-corrected chi connectivity index (χ2v) is 6.05. The van der Waals surface area contributed by atoms with E-state index < -0.39 is 0 Å². The molecule has 1 unspecified atom stereocenters. The van der Waals surface area contributed by atoms with Crippen LogP contribution in [0.5, 0.6) is 0 Å². The molecular weight excluding hydrogens is 234 g/mol. The molecule has 3 rings (SSSR count). The van der Waals surface area contributed by atoms with E-state index in [-0.39, 0.29) is 0 Å². The smallest absolute Gasteiger partial charge is 0.208 e. The van der Waals surface area contributed by atoms with Gasteiger partial charge in [-0.3, -0.25) is 0 Å². The van der Waals surface area contributed by atoms with Crippen LogP contribution >= 0.6 is 11.3 Å². The second kappa shape index (κ2) is 4.90. The van der Waals surface area contributed by atoms with Crippen molar-refractivity contribution in [3.8, 4) is 0 Å². The molecular formula is C12H19N3OS. The van der Waals surface area contributed by atoms with Gasteiger partial charge in [-0.15, -0.1) is 10.2 Å². The zero-order valence-electron chi connectivity index (χ0n) is 10.3. The van der Waals surface area contributed by atoms with Gasteiger partial charge in [-0.05, 0) is 32.1 Å². The summed E-state index contributed by atoms with van der Waals surface area (Å²) < 4.78 is 5.75. The summed E-state index contributed by atoms with van der Waals surface area (Å²) in [7, 11) is 2.09. The lowest BCUT2D eigenvalue weighted by Crippen LogP contribution is -2.33. The minimum atomic E-state index is 0.377. The lowest BCUT2D eigenvalue weighted by molar-refractivity contribution is 0.0216. The third-order valence-corrected chi connectivity index (χ3v) is 4.63. The minimum absolute atomic E-state index is 0.377. The summed E-state index contributed by atoms with van der Waals surface area (Å²) in [6, 6.07) is 0. The van der Waals surface area contributed by atoms with Crippen molar-refractivity contribution >= 4 is 16.5 Å². The van der Waals surface area contributed by atoms with E-state index in [4.69, 9.17) is 4.74 Å². The lowest BCUT2D eigenvalue weighted by atomic mass is 10.1. The Balaban J connectivity index is 1.57. The molecule has 1 aromatic rings. The van der Waals surface area contributed by atoms with E-state index >= 15 is 0 Å². The molecule has 94 valence electrons. The molecule has 0 amide bonds. The Bertz CT molecular complexity index is 372. The topological polar surface area (TPSA) is 38.2 Å². The Morgan fingerprint density at radius 2 is 2.18 bits per heavy atom. The summed E-state index contributed by atoms with van der Waals surface area (Å²) >= 11 is 1.75. The third kappa shape index (κ3) is 2.77. The summed E-state index contributed by atoms with van der Waals surface area (Å²) in [6.07, 6.45) is 6.65. The number of nitrogens with zero attached hydrogens (tertiary/aromatic N) is 3. The van der Waals surface area contributed by atoms with Crippen LogP contribution < -0.4 is 4.90 Å². The molecule has 0 spiro atoms. The summed E-state index contributed by atoms with van der Waals surface area (Å²) in [5.41, 5.74) is 0. The zero-order valence-corrected chi connectivity index (χ0v) is 11.1. The quantitative estimate of drug-likeness (QED) is 0.826. The highest BCUT2D eigenvalue weighted by atomic mass is 32.1. The summed E-state index contributed by atoms with van der Waals surface area (Å²) in [5, 5.41) is 10.8. The van der Waals surface area contributed by atoms with Gasteiger partial charge in [-0.25, -0.2) is 0 Å². The van der Waals surface area contributed by atoms with Crippen LogP contribution in [0.3, 0.4) is 0 Å². The van der Waals surface area contributed by atoms with Gasteiger partial charge in [0.05, 0.1) is 6.10 Å². The minimum Gasteiger partial charge on any atom is -0.376 e. The van der Waals surface area contributed by atoms with E-state index in [0.717, 1.165) is 18.3 Å². The molecule has 1 atom stereocenters. The number of rotatable bonds is 4. The van der Waals surface area contributed by atoms with Gasteiger partial charge in [0.1, 0.15) is 5.01 Å². The Morgan fingerprint density at radius 3 is 2.88 bits per heavy atom. The van der Waals surface area contributed by atoms with E-state index in [1.165, 1.54) is 37.1 Å². The molecule has 1 aliphatic carbocycles. The van der Waals surface area contributed by atoms with Crippen molar-refractivity contribution in [3.63, 3.8) is 0 Å². The maximum absolute atomic E-state index is 5.75. The van der Waals surface area contributed by atoms with Gasteiger partial charge in [0.15, 0.2) is 0 Å². The monoisotopic (exact) mass is 253 g/mol. The standard InChI is InChI=1S/C12H19N3OS/c1-15(8-10-4-2-3-7-16-10)12-14-13-11(17-12)9-5-6-9/h9-10H,2-8H2,1H3. The van der Waals surface area contributed by atoms with Gasteiger partial charge in [-0.1, -0.05) is 11.3 Å². The fourth-order valence-corrected chi connectivity index (χ4v) is 3.19. The number of hydrogen-bond acceptors (Lipinski definition) is 5. The van der Waals surface area contributed by atoms with Crippen molar-refractivity contribution < 1.29 is 4.74 Å². The van der Waals surface area contributed by atoms with Gasteiger partial charge in [0.2, 0.25) is 5.13 Å². The molecule has 0 aromatic carbocycles. The average molecular weight is 253 g/mol. The highest BCUT2D eigenvalue weighted by Gasteiger charge is 2.28. The van der Waals surface area contributed by atoms with Crippen LogP contribution in [0.1, 0.15) is 43.0 Å². The number of hydrogen-bond donors (Lipinski definition) is 0. The van der Waals surface area contributed by atoms with Crippen molar-refractivity contribution in [3.05, 3.63) is 5.01 Å². The molecule has 2 aliphatic rings. The van der Waals surface area contributed by atoms with E-state index in [9.17, 15) is 0 Å². The first-order valence-corrected chi connectivity index (χ1v) is 7.31. The van der Waals surface area contributed by atoms with Crippen LogP contribution in [0.4, 0.5) is 5.13 Å². The second-order valence-electron chi connectivity index (χ2n) is 5.07. The molecule has 0 N–H and O–H groups in total. The van der Waals surface area contributed by atoms with Crippen LogP contribution in [-0.2, 0) is 4.74 Å². The SMILES string of the molecule is CN(CC1CCCCO1)c1nnc(C2CC2)s1. The maximum atomic E-state index is 5.75. The Morgan fingerprint density at radius 1 is 1.29 bits per heavy atom. The molecule has 1 aliphatic heterocycles. The molecule has 1 aromatic heterocycles. The molecule has 17 heavy (non-hydrogen) atoms. The summed E-state index contributed by atoms with van der Waals surface area (Å²) in [4.78, 5) is 2.19. The number of anilines is 1. The lowest BCUT2D eigenvalue weighted by Gasteiger charge is -2.26. The molecule has 0 bridgehead atoms. The summed E-state index contributed by atoms with van der Waals surface area (Å²) in [6.45, 7) is 1.86. The molecule has 2 fully saturated rings. The van der Waals surface area contributed by atoms with Crippen LogP contribution in [-0.4, -0.2) is 36.5 Å². The fraction of sp³-hybridized carbons (Fsp3) is 0.833. The molecule has 2 heterocycles. The zero-order chi connectivity index (χ0) is 11.7. The van der Waals surface area contributed by atoms with Crippen molar-refractivity contribution in [2.75, 3.05) is 25.1 Å². The van der Waals surface area contributed by atoms with Crippen molar-refractivity contribution in [1.82, 2.24) is 10.2 Å². The highest BCUT2D eigenvalue weighted by molar-refractivity contribution is 7.15. The van der Waals surface area contributed by atoms with Crippen LogP contribution in [0, 0.1) is 0 Å². The largest absolute Gasteiger partial charge is 0.376 e. The van der Waals surface area contributed by atoms with Gasteiger partial charge in [-0.2, -0.15) is 0 Å². The number of likely N-dealkylation sites (N-methyl/N-ethyl adjacent to an activating group) is 1.